The summed E-state index contributed by atoms with van der Waals surface area (Å²) >= 11 is 0. The Morgan fingerprint density at radius 3 is 2.57 bits per heavy atom. The number of esters is 1. The molecule has 3 heterocycles. The molecule has 2 bridgehead atoms. The molecule has 10 nitrogen and oxygen atoms in total. The summed E-state index contributed by atoms with van der Waals surface area (Å²) in [6.45, 7) is 14.2. The monoisotopic (exact) mass is 651 g/mol. The van der Waals surface area contributed by atoms with Gasteiger partial charge in [-0.25, -0.2) is 0 Å². The molecular formula is C37H53N3O7. The van der Waals surface area contributed by atoms with Crippen LogP contribution >= 0.6 is 0 Å². The number of carbonyl (C=O) groups is 4. The molecule has 2 N–H and O–H groups in total. The predicted octanol–water partition coefficient (Wildman–Crippen LogP) is 4.34. The van der Waals surface area contributed by atoms with Crippen LogP contribution in [0.4, 0.5) is 0 Å². The number of allylic oxidation sites excluding steroid dienone is 1. The van der Waals surface area contributed by atoms with Crippen LogP contribution in [0.2, 0.25) is 0 Å². The maximum absolute atomic E-state index is 14.6. The molecule has 4 rings (SSSR count). The minimum absolute atomic E-state index is 0.0653. The highest BCUT2D eigenvalue weighted by Crippen LogP contribution is 2.59. The van der Waals surface area contributed by atoms with Crippen molar-refractivity contribution in [2.24, 2.45) is 17.8 Å². The average molecular weight is 652 g/mol. The lowest BCUT2D eigenvalue weighted by Gasteiger charge is -2.41. The molecule has 3 aliphatic heterocycles. The van der Waals surface area contributed by atoms with Crippen molar-refractivity contribution in [3.8, 4) is 0 Å². The molecule has 0 radical (unpaired) electrons. The molecule has 3 aliphatic rings. The molecular weight excluding hydrogens is 598 g/mol. The van der Waals surface area contributed by atoms with E-state index < -0.39 is 47.7 Å². The Balaban J connectivity index is 1.68. The lowest BCUT2D eigenvalue weighted by molar-refractivity contribution is -0.161. The summed E-state index contributed by atoms with van der Waals surface area (Å²) < 4.78 is 12.8. The Bertz CT molecular complexity index is 1270. The first-order valence-electron chi connectivity index (χ1n) is 17.3. The fourth-order valence-electron chi connectivity index (χ4n) is 7.62. The van der Waals surface area contributed by atoms with Gasteiger partial charge in [0.15, 0.2) is 0 Å². The highest BCUT2D eigenvalue weighted by molar-refractivity contribution is 5.98. The minimum Gasteiger partial charge on any atom is -0.455 e. The zero-order chi connectivity index (χ0) is 34.1. The molecule has 0 aromatic heterocycles. The highest BCUT2D eigenvalue weighted by atomic mass is 16.6. The van der Waals surface area contributed by atoms with Crippen molar-refractivity contribution in [3.05, 3.63) is 61.2 Å². The van der Waals surface area contributed by atoms with E-state index >= 15 is 0 Å². The second kappa shape index (κ2) is 16.6. The number of unbranched alkanes of at least 4 members (excludes halogenated alkanes) is 2. The number of hydrogen-bond acceptors (Lipinski definition) is 7. The zero-order valence-corrected chi connectivity index (χ0v) is 28.3. The molecule has 1 aromatic rings. The summed E-state index contributed by atoms with van der Waals surface area (Å²) in [6.07, 6.45) is 7.17. The van der Waals surface area contributed by atoms with Gasteiger partial charge in [0.1, 0.15) is 17.7 Å². The molecule has 0 unspecified atom stereocenters. The van der Waals surface area contributed by atoms with Gasteiger partial charge >= 0.3 is 5.97 Å². The van der Waals surface area contributed by atoms with Gasteiger partial charge in [0, 0.05) is 19.5 Å². The summed E-state index contributed by atoms with van der Waals surface area (Å²) in [6, 6.07) is 7.57. The summed E-state index contributed by atoms with van der Waals surface area (Å²) in [7, 11) is 0. The third-order valence-corrected chi connectivity index (χ3v) is 10.3. The first kappa shape index (κ1) is 36.3. The first-order chi connectivity index (χ1) is 22.7. The van der Waals surface area contributed by atoms with Crippen molar-refractivity contribution in [2.45, 2.75) is 102 Å². The second-order valence-electron chi connectivity index (χ2n) is 13.2. The van der Waals surface area contributed by atoms with Crippen LogP contribution in [0.3, 0.4) is 0 Å². The van der Waals surface area contributed by atoms with E-state index in [9.17, 15) is 24.3 Å². The Hall–Kier alpha value is -3.50. The molecule has 8 atom stereocenters. The standard InChI is InChI=1S/C37H53N3O7/c1-6-10-15-22-39(21-8-3)35(44)33-37-20-19-28(47-37)31(32(37)34(43)40(33)27(24-41)25(5)9-4)36(45)46-29(26-16-13-12-14-17-26)23-38-30(42)18-11-7-2/h7-8,12-14,16-17,25,27-29,31-33,41H,2-3,6,9-11,15,18-24H2,1,4-5H3,(H,38,42)/t25-,27-,28-,29+,31+,32+,33-,37+/m0/s1. The van der Waals surface area contributed by atoms with Crippen LogP contribution in [0.5, 0.6) is 0 Å². The number of aliphatic hydroxyl groups is 1. The summed E-state index contributed by atoms with van der Waals surface area (Å²) in [5.41, 5.74) is -0.505. The van der Waals surface area contributed by atoms with Gasteiger partial charge in [-0.3, -0.25) is 19.2 Å². The smallest absolute Gasteiger partial charge is 0.313 e. The number of aliphatic hydroxyl groups excluding tert-OH is 1. The lowest BCUT2D eigenvalue weighted by atomic mass is 9.70. The number of nitrogens with one attached hydrogen (secondary N) is 1. The van der Waals surface area contributed by atoms with Gasteiger partial charge in [-0.1, -0.05) is 82.5 Å². The molecule has 47 heavy (non-hydrogen) atoms. The van der Waals surface area contributed by atoms with E-state index in [1.165, 1.54) is 0 Å². The van der Waals surface area contributed by atoms with E-state index in [1.54, 1.807) is 22.0 Å². The quantitative estimate of drug-likeness (QED) is 0.130. The Morgan fingerprint density at radius 1 is 1.19 bits per heavy atom. The van der Waals surface area contributed by atoms with E-state index in [1.807, 2.05) is 44.2 Å². The fourth-order valence-corrected chi connectivity index (χ4v) is 7.62. The predicted molar refractivity (Wildman–Crippen MR) is 179 cm³/mol. The van der Waals surface area contributed by atoms with Crippen molar-refractivity contribution in [1.29, 1.82) is 0 Å². The molecule has 1 aromatic carbocycles. The molecule has 3 fully saturated rings. The third kappa shape index (κ3) is 7.49. The molecule has 3 amide bonds. The number of amides is 3. The fraction of sp³-hybridized carbons (Fsp3) is 0.622. The van der Waals surface area contributed by atoms with Gasteiger partial charge in [0.25, 0.3) is 0 Å². The molecule has 258 valence electrons. The van der Waals surface area contributed by atoms with Crippen LogP contribution in [0.15, 0.2) is 55.6 Å². The molecule has 0 aliphatic carbocycles. The number of fused-ring (bicyclic) bond motifs is 1. The highest BCUT2D eigenvalue weighted by Gasteiger charge is 2.75. The number of likely N-dealkylation sites (tertiary alicyclic amines) is 1. The Kier molecular flexibility index (Phi) is 12.8. The number of hydrogen-bond donors (Lipinski definition) is 2. The number of benzene rings is 1. The van der Waals surface area contributed by atoms with Crippen LogP contribution in [0, 0.1) is 17.8 Å². The molecule has 10 heteroatoms. The van der Waals surface area contributed by atoms with Crippen LogP contribution < -0.4 is 5.32 Å². The van der Waals surface area contributed by atoms with E-state index in [0.29, 0.717) is 44.3 Å². The van der Waals surface area contributed by atoms with Gasteiger partial charge in [-0.15, -0.1) is 13.2 Å². The number of rotatable bonds is 19. The topological polar surface area (TPSA) is 125 Å². The molecule has 3 saturated heterocycles. The van der Waals surface area contributed by atoms with E-state index in [0.717, 1.165) is 19.3 Å². The second-order valence-corrected chi connectivity index (χ2v) is 13.2. The van der Waals surface area contributed by atoms with Crippen molar-refractivity contribution >= 4 is 23.7 Å². The number of nitrogens with zero attached hydrogens (tertiary/aromatic N) is 2. The first-order valence-corrected chi connectivity index (χ1v) is 17.3. The van der Waals surface area contributed by atoms with E-state index in [4.69, 9.17) is 9.47 Å². The van der Waals surface area contributed by atoms with Crippen molar-refractivity contribution in [3.63, 3.8) is 0 Å². The minimum atomic E-state index is -1.21. The van der Waals surface area contributed by atoms with Crippen molar-refractivity contribution < 1.29 is 33.8 Å². The van der Waals surface area contributed by atoms with Crippen molar-refractivity contribution in [1.82, 2.24) is 15.1 Å². The molecule has 1 spiro atoms. The van der Waals surface area contributed by atoms with Crippen LogP contribution in [-0.2, 0) is 28.7 Å². The van der Waals surface area contributed by atoms with Crippen LogP contribution in [-0.4, -0.2) is 88.6 Å². The van der Waals surface area contributed by atoms with Gasteiger partial charge in [-0.2, -0.15) is 0 Å². The van der Waals surface area contributed by atoms with Gasteiger partial charge in [-0.05, 0) is 37.2 Å². The maximum Gasteiger partial charge on any atom is 0.313 e. The maximum atomic E-state index is 14.6. The number of carbonyl (C=O) groups excluding carboxylic acids is 4. The van der Waals surface area contributed by atoms with Gasteiger partial charge in [0.05, 0.1) is 37.1 Å². The Morgan fingerprint density at radius 2 is 1.94 bits per heavy atom. The zero-order valence-electron chi connectivity index (χ0n) is 28.3. The van der Waals surface area contributed by atoms with E-state index in [-0.39, 0.29) is 43.2 Å². The van der Waals surface area contributed by atoms with Crippen LogP contribution in [0.1, 0.15) is 83.8 Å². The summed E-state index contributed by atoms with van der Waals surface area (Å²) in [4.78, 5) is 59.1. The SMILES string of the molecule is C=CCCC(=O)NC[C@@H](OC(=O)[C@@H]1[C@@H]2CC[C@]3(O2)[C@H](C(=O)N(CC=C)CCCCC)N([C@@H](CO)[C@@H](C)CC)C(=O)[C@@H]13)c1ccccc1. The van der Waals surface area contributed by atoms with Crippen molar-refractivity contribution in [2.75, 3.05) is 26.2 Å². The third-order valence-electron chi connectivity index (χ3n) is 10.3. The van der Waals surface area contributed by atoms with Gasteiger partial charge in [0.2, 0.25) is 17.7 Å². The normalized spacial score (nSPS) is 26.3. The molecule has 0 saturated carbocycles. The van der Waals surface area contributed by atoms with Gasteiger partial charge < -0.3 is 29.7 Å². The largest absolute Gasteiger partial charge is 0.455 e. The Labute approximate surface area is 279 Å². The number of ether oxygens (including phenoxy) is 2. The lowest BCUT2D eigenvalue weighted by Crippen LogP contribution is -2.59. The summed E-state index contributed by atoms with van der Waals surface area (Å²) in [5.74, 6) is -3.32. The van der Waals surface area contributed by atoms with Crippen LogP contribution in [0.25, 0.3) is 0 Å². The van der Waals surface area contributed by atoms with E-state index in [2.05, 4.69) is 25.4 Å². The summed E-state index contributed by atoms with van der Waals surface area (Å²) in [5, 5.41) is 13.5. The average Bonchev–Trinajstić information content (AvgIpc) is 3.73.